The SMILES string of the molecule is COc1ncc(Cl)c(N2CCOC(c3nc(C(C)(C)C)cs3)C2)n1. The molecule has 0 bridgehead atoms. The molecule has 0 amide bonds. The van der Waals surface area contributed by atoms with Crippen molar-refractivity contribution in [2.24, 2.45) is 0 Å². The minimum absolute atomic E-state index is 0.0342. The molecule has 1 atom stereocenters. The first-order valence-corrected chi connectivity index (χ1v) is 9.03. The number of anilines is 1. The van der Waals surface area contributed by atoms with Crippen LogP contribution >= 0.6 is 22.9 Å². The zero-order valence-electron chi connectivity index (χ0n) is 14.2. The molecule has 1 fully saturated rings. The summed E-state index contributed by atoms with van der Waals surface area (Å²) in [4.78, 5) is 15.3. The first-order chi connectivity index (χ1) is 11.4. The van der Waals surface area contributed by atoms with Gasteiger partial charge in [-0.05, 0) is 0 Å². The number of rotatable bonds is 3. The molecule has 3 heterocycles. The van der Waals surface area contributed by atoms with Gasteiger partial charge in [-0.3, -0.25) is 0 Å². The van der Waals surface area contributed by atoms with Gasteiger partial charge < -0.3 is 14.4 Å². The normalized spacial score (nSPS) is 18.7. The summed E-state index contributed by atoms with van der Waals surface area (Å²) in [6.07, 6.45) is 1.48. The lowest BCUT2D eigenvalue weighted by molar-refractivity contribution is 0.0392. The van der Waals surface area contributed by atoms with Gasteiger partial charge in [0.05, 0.1) is 32.2 Å². The van der Waals surface area contributed by atoms with Gasteiger partial charge in [-0.25, -0.2) is 9.97 Å². The van der Waals surface area contributed by atoms with Gasteiger partial charge in [0.1, 0.15) is 16.1 Å². The summed E-state index contributed by atoms with van der Waals surface area (Å²) in [5, 5.41) is 3.60. The molecule has 130 valence electrons. The van der Waals surface area contributed by atoms with Crippen molar-refractivity contribution in [2.45, 2.75) is 32.3 Å². The van der Waals surface area contributed by atoms with E-state index in [1.165, 1.54) is 0 Å². The maximum atomic E-state index is 6.27. The van der Waals surface area contributed by atoms with Crippen molar-refractivity contribution in [3.05, 3.63) is 27.3 Å². The molecule has 1 aliphatic rings. The van der Waals surface area contributed by atoms with Crippen LogP contribution in [-0.2, 0) is 10.2 Å². The van der Waals surface area contributed by atoms with E-state index in [4.69, 9.17) is 26.1 Å². The first-order valence-electron chi connectivity index (χ1n) is 7.77. The van der Waals surface area contributed by atoms with E-state index in [1.807, 2.05) is 0 Å². The standard InChI is InChI=1S/C16H21ClN4O2S/c1-16(2,3)12-9-24-14(19-12)11-8-21(5-6-23-11)13-10(17)7-18-15(20-13)22-4/h7,9,11H,5-6,8H2,1-4H3. The van der Waals surface area contributed by atoms with Gasteiger partial charge in [0.25, 0.3) is 0 Å². The molecule has 2 aromatic rings. The Morgan fingerprint density at radius 1 is 1.38 bits per heavy atom. The molecule has 0 aliphatic carbocycles. The quantitative estimate of drug-likeness (QED) is 0.826. The van der Waals surface area contributed by atoms with Crippen molar-refractivity contribution in [2.75, 3.05) is 31.7 Å². The summed E-state index contributed by atoms with van der Waals surface area (Å²) < 4.78 is 11.0. The monoisotopic (exact) mass is 368 g/mol. The molecule has 0 spiro atoms. The van der Waals surface area contributed by atoms with E-state index in [0.29, 0.717) is 36.5 Å². The lowest BCUT2D eigenvalue weighted by atomic mass is 9.93. The molecule has 0 N–H and O–H groups in total. The third kappa shape index (κ3) is 3.63. The van der Waals surface area contributed by atoms with E-state index in [0.717, 1.165) is 10.7 Å². The van der Waals surface area contributed by atoms with E-state index in [1.54, 1.807) is 24.6 Å². The van der Waals surface area contributed by atoms with Gasteiger partial charge in [-0.15, -0.1) is 11.3 Å². The zero-order valence-corrected chi connectivity index (χ0v) is 15.8. The van der Waals surface area contributed by atoms with Crippen molar-refractivity contribution in [3.8, 4) is 6.01 Å². The molecule has 6 nitrogen and oxygen atoms in total. The summed E-state index contributed by atoms with van der Waals surface area (Å²) in [5.74, 6) is 0.671. The molecule has 24 heavy (non-hydrogen) atoms. The maximum absolute atomic E-state index is 6.27. The number of morpholine rings is 1. The fraction of sp³-hybridized carbons (Fsp3) is 0.562. The van der Waals surface area contributed by atoms with Gasteiger partial charge in [-0.2, -0.15) is 4.98 Å². The van der Waals surface area contributed by atoms with Gasteiger partial charge >= 0.3 is 6.01 Å². The molecule has 1 aliphatic heterocycles. The number of nitrogens with zero attached hydrogens (tertiary/aromatic N) is 4. The Morgan fingerprint density at radius 2 is 2.17 bits per heavy atom. The highest BCUT2D eigenvalue weighted by Crippen LogP contribution is 2.33. The second-order valence-electron chi connectivity index (χ2n) is 6.65. The van der Waals surface area contributed by atoms with Gasteiger partial charge in [-0.1, -0.05) is 32.4 Å². The first kappa shape index (κ1) is 17.4. The highest BCUT2D eigenvalue weighted by Gasteiger charge is 2.28. The predicted molar refractivity (Wildman–Crippen MR) is 95.3 cm³/mol. The Bertz CT molecular complexity index is 716. The second kappa shape index (κ2) is 6.82. The topological polar surface area (TPSA) is 60.4 Å². The average Bonchev–Trinajstić information content (AvgIpc) is 3.06. The summed E-state index contributed by atoms with van der Waals surface area (Å²) in [6.45, 7) is 8.44. The molecule has 3 rings (SSSR count). The minimum atomic E-state index is -0.0862. The highest BCUT2D eigenvalue weighted by atomic mass is 35.5. The van der Waals surface area contributed by atoms with E-state index >= 15 is 0 Å². The van der Waals surface area contributed by atoms with Crippen molar-refractivity contribution in [1.29, 1.82) is 0 Å². The third-order valence-electron chi connectivity index (χ3n) is 3.82. The fourth-order valence-electron chi connectivity index (χ4n) is 2.43. The molecular weight excluding hydrogens is 348 g/mol. The van der Waals surface area contributed by atoms with Crippen molar-refractivity contribution < 1.29 is 9.47 Å². The largest absolute Gasteiger partial charge is 0.467 e. The number of thiazole rings is 1. The second-order valence-corrected chi connectivity index (χ2v) is 7.95. The summed E-state index contributed by atoms with van der Waals surface area (Å²) >= 11 is 7.91. The maximum Gasteiger partial charge on any atom is 0.318 e. The number of ether oxygens (including phenoxy) is 2. The number of halogens is 1. The van der Waals surface area contributed by atoms with Crippen LogP contribution in [-0.4, -0.2) is 41.8 Å². The Kier molecular flexibility index (Phi) is 4.94. The van der Waals surface area contributed by atoms with Crippen LogP contribution in [0.2, 0.25) is 5.02 Å². The Labute approximate surface area is 150 Å². The van der Waals surface area contributed by atoms with E-state index in [-0.39, 0.29) is 11.5 Å². The van der Waals surface area contributed by atoms with Crippen LogP contribution in [0.4, 0.5) is 5.82 Å². The minimum Gasteiger partial charge on any atom is -0.467 e. The fourth-order valence-corrected chi connectivity index (χ4v) is 3.73. The lowest BCUT2D eigenvalue weighted by Crippen LogP contribution is -2.39. The lowest BCUT2D eigenvalue weighted by Gasteiger charge is -2.33. The summed E-state index contributed by atoms with van der Waals surface area (Å²) in [5.41, 5.74) is 1.12. The van der Waals surface area contributed by atoms with Crippen LogP contribution in [0.25, 0.3) is 0 Å². The Morgan fingerprint density at radius 3 is 2.83 bits per heavy atom. The number of hydrogen-bond donors (Lipinski definition) is 0. The van der Waals surface area contributed by atoms with Crippen LogP contribution in [0, 0.1) is 0 Å². The highest BCUT2D eigenvalue weighted by molar-refractivity contribution is 7.09. The summed E-state index contributed by atoms with van der Waals surface area (Å²) in [7, 11) is 1.54. The molecule has 2 aromatic heterocycles. The third-order valence-corrected chi connectivity index (χ3v) is 5.02. The zero-order chi connectivity index (χ0) is 17.3. The molecule has 1 saturated heterocycles. The van der Waals surface area contributed by atoms with Crippen LogP contribution in [0.3, 0.4) is 0 Å². The van der Waals surface area contributed by atoms with Crippen LogP contribution in [0.15, 0.2) is 11.6 Å². The van der Waals surface area contributed by atoms with Crippen molar-refractivity contribution >= 4 is 28.8 Å². The van der Waals surface area contributed by atoms with Crippen molar-refractivity contribution in [3.63, 3.8) is 0 Å². The number of hydrogen-bond acceptors (Lipinski definition) is 7. The van der Waals surface area contributed by atoms with Gasteiger partial charge in [0, 0.05) is 17.3 Å². The molecule has 0 aromatic carbocycles. The van der Waals surface area contributed by atoms with Crippen molar-refractivity contribution in [1.82, 2.24) is 15.0 Å². The van der Waals surface area contributed by atoms with E-state index < -0.39 is 0 Å². The number of methoxy groups -OCH3 is 1. The smallest absolute Gasteiger partial charge is 0.318 e. The average molecular weight is 369 g/mol. The van der Waals surface area contributed by atoms with E-state index in [9.17, 15) is 0 Å². The van der Waals surface area contributed by atoms with Crippen LogP contribution in [0.5, 0.6) is 6.01 Å². The van der Waals surface area contributed by atoms with Gasteiger partial charge in [0.2, 0.25) is 0 Å². The predicted octanol–water partition coefficient (Wildman–Crippen LogP) is 3.47. The van der Waals surface area contributed by atoms with Crippen LogP contribution in [0.1, 0.15) is 37.6 Å². The molecule has 8 heteroatoms. The Balaban J connectivity index is 1.81. The molecule has 1 unspecified atom stereocenters. The summed E-state index contributed by atoms with van der Waals surface area (Å²) in [6, 6.07) is 0.307. The Hall–Kier alpha value is -1.44. The molecular formula is C16H21ClN4O2S. The van der Waals surface area contributed by atoms with Crippen LogP contribution < -0.4 is 9.64 Å². The van der Waals surface area contributed by atoms with E-state index in [2.05, 4.69) is 41.0 Å². The molecule has 0 saturated carbocycles. The molecule has 0 radical (unpaired) electrons. The van der Waals surface area contributed by atoms with Gasteiger partial charge in [0.15, 0.2) is 5.82 Å². The number of aromatic nitrogens is 3.